The van der Waals surface area contributed by atoms with E-state index in [-0.39, 0.29) is 5.82 Å². The van der Waals surface area contributed by atoms with Crippen molar-refractivity contribution in [2.45, 2.75) is 13.0 Å². The molecule has 0 unspecified atom stereocenters. The van der Waals surface area contributed by atoms with Crippen LogP contribution in [-0.4, -0.2) is 16.3 Å². The van der Waals surface area contributed by atoms with E-state index in [2.05, 4.69) is 5.10 Å². The SMILES string of the molecule is Cn1ccc(COc2cc(F)cc(CCN)c2)n1. The van der Waals surface area contributed by atoms with E-state index in [0.717, 1.165) is 11.3 Å². The standard InChI is InChI=1S/C13H16FN3O/c1-17-5-3-12(16-17)9-18-13-7-10(2-4-15)6-11(14)8-13/h3,5-8H,2,4,9,15H2,1H3. The maximum atomic E-state index is 13.3. The Hall–Kier alpha value is -1.88. The van der Waals surface area contributed by atoms with Crippen LogP contribution in [0.4, 0.5) is 4.39 Å². The molecule has 1 heterocycles. The molecule has 0 saturated carbocycles. The van der Waals surface area contributed by atoms with Crippen molar-refractivity contribution in [1.82, 2.24) is 9.78 Å². The predicted molar refractivity (Wildman–Crippen MR) is 66.7 cm³/mol. The zero-order valence-electron chi connectivity index (χ0n) is 10.3. The molecule has 0 aliphatic rings. The molecule has 2 aromatic rings. The number of ether oxygens (including phenoxy) is 1. The molecule has 1 aromatic carbocycles. The molecule has 0 aliphatic heterocycles. The summed E-state index contributed by atoms with van der Waals surface area (Å²) in [7, 11) is 1.84. The number of nitrogens with two attached hydrogens (primary N) is 1. The second-order valence-electron chi connectivity index (χ2n) is 4.10. The second kappa shape index (κ2) is 5.64. The second-order valence-corrected chi connectivity index (χ2v) is 4.10. The number of aryl methyl sites for hydroxylation is 1. The van der Waals surface area contributed by atoms with Crippen molar-refractivity contribution in [2.24, 2.45) is 12.8 Å². The van der Waals surface area contributed by atoms with Crippen LogP contribution in [-0.2, 0) is 20.1 Å². The Morgan fingerprint density at radius 1 is 1.39 bits per heavy atom. The third-order valence-corrected chi connectivity index (χ3v) is 2.52. The summed E-state index contributed by atoms with van der Waals surface area (Å²) >= 11 is 0. The fraction of sp³-hybridized carbons (Fsp3) is 0.308. The Balaban J connectivity index is 2.04. The summed E-state index contributed by atoms with van der Waals surface area (Å²) in [6.07, 6.45) is 2.47. The highest BCUT2D eigenvalue weighted by Gasteiger charge is 2.03. The van der Waals surface area contributed by atoms with Gasteiger partial charge in [0.15, 0.2) is 0 Å². The van der Waals surface area contributed by atoms with Gasteiger partial charge in [0.2, 0.25) is 0 Å². The first-order valence-corrected chi connectivity index (χ1v) is 5.78. The first kappa shape index (κ1) is 12.6. The Morgan fingerprint density at radius 2 is 2.22 bits per heavy atom. The highest BCUT2D eigenvalue weighted by Crippen LogP contribution is 2.17. The van der Waals surface area contributed by atoms with Gasteiger partial charge < -0.3 is 10.5 Å². The third kappa shape index (κ3) is 3.30. The van der Waals surface area contributed by atoms with Crippen molar-refractivity contribution < 1.29 is 9.13 Å². The molecule has 0 saturated heterocycles. The van der Waals surface area contributed by atoms with E-state index < -0.39 is 0 Å². The molecule has 0 aliphatic carbocycles. The maximum Gasteiger partial charge on any atom is 0.132 e. The first-order valence-electron chi connectivity index (χ1n) is 5.78. The minimum atomic E-state index is -0.308. The van der Waals surface area contributed by atoms with Gasteiger partial charge in [-0.25, -0.2) is 4.39 Å². The van der Waals surface area contributed by atoms with Crippen molar-refractivity contribution in [2.75, 3.05) is 6.54 Å². The molecule has 0 spiro atoms. The molecule has 0 bridgehead atoms. The van der Waals surface area contributed by atoms with Crippen molar-refractivity contribution in [3.8, 4) is 5.75 Å². The molecule has 0 amide bonds. The lowest BCUT2D eigenvalue weighted by Gasteiger charge is -2.07. The van der Waals surface area contributed by atoms with Crippen LogP contribution in [0, 0.1) is 5.82 Å². The van der Waals surface area contributed by atoms with Crippen LogP contribution < -0.4 is 10.5 Å². The predicted octanol–water partition coefficient (Wildman–Crippen LogP) is 1.64. The third-order valence-electron chi connectivity index (χ3n) is 2.52. The number of halogens is 1. The monoisotopic (exact) mass is 249 g/mol. The molecule has 1 aromatic heterocycles. The molecule has 0 radical (unpaired) electrons. The van der Waals surface area contributed by atoms with Gasteiger partial charge in [0, 0.05) is 19.3 Å². The van der Waals surface area contributed by atoms with Gasteiger partial charge in [-0.3, -0.25) is 4.68 Å². The van der Waals surface area contributed by atoms with Crippen molar-refractivity contribution in [1.29, 1.82) is 0 Å². The van der Waals surface area contributed by atoms with Crippen LogP contribution in [0.5, 0.6) is 5.75 Å². The van der Waals surface area contributed by atoms with Gasteiger partial charge in [0.1, 0.15) is 18.2 Å². The molecule has 2 rings (SSSR count). The van der Waals surface area contributed by atoms with Crippen molar-refractivity contribution in [3.63, 3.8) is 0 Å². The molecule has 4 nitrogen and oxygen atoms in total. The summed E-state index contributed by atoms with van der Waals surface area (Å²) < 4.78 is 20.6. The summed E-state index contributed by atoms with van der Waals surface area (Å²) in [4.78, 5) is 0. The molecule has 2 N–H and O–H groups in total. The van der Waals surface area contributed by atoms with Gasteiger partial charge in [-0.2, -0.15) is 5.10 Å². The number of nitrogens with zero attached hydrogens (tertiary/aromatic N) is 2. The van der Waals surface area contributed by atoms with Gasteiger partial charge in [0.05, 0.1) is 5.69 Å². The van der Waals surface area contributed by atoms with E-state index in [1.165, 1.54) is 12.1 Å². The highest BCUT2D eigenvalue weighted by atomic mass is 19.1. The quantitative estimate of drug-likeness (QED) is 0.876. The van der Waals surface area contributed by atoms with E-state index in [0.29, 0.717) is 25.3 Å². The first-order chi connectivity index (χ1) is 8.67. The number of hydrogen-bond acceptors (Lipinski definition) is 3. The van der Waals surface area contributed by atoms with E-state index in [4.69, 9.17) is 10.5 Å². The summed E-state index contributed by atoms with van der Waals surface area (Å²) in [5, 5.41) is 4.18. The summed E-state index contributed by atoms with van der Waals surface area (Å²) in [6, 6.07) is 6.50. The van der Waals surface area contributed by atoms with E-state index in [1.807, 2.05) is 19.3 Å². The van der Waals surface area contributed by atoms with Gasteiger partial charge in [-0.1, -0.05) is 0 Å². The average molecular weight is 249 g/mol. The normalized spacial score (nSPS) is 10.6. The molecular formula is C13H16FN3O. The lowest BCUT2D eigenvalue weighted by Crippen LogP contribution is -2.04. The lowest BCUT2D eigenvalue weighted by atomic mass is 10.1. The lowest BCUT2D eigenvalue weighted by molar-refractivity contribution is 0.298. The van der Waals surface area contributed by atoms with Crippen LogP contribution in [0.1, 0.15) is 11.3 Å². The fourth-order valence-corrected chi connectivity index (χ4v) is 1.71. The Bertz CT molecular complexity index is 525. The zero-order chi connectivity index (χ0) is 13.0. The van der Waals surface area contributed by atoms with Crippen molar-refractivity contribution in [3.05, 3.63) is 47.5 Å². The average Bonchev–Trinajstić information content (AvgIpc) is 2.72. The smallest absolute Gasteiger partial charge is 0.132 e. The van der Waals surface area contributed by atoms with Gasteiger partial charge in [0.25, 0.3) is 0 Å². The minimum Gasteiger partial charge on any atom is -0.487 e. The minimum absolute atomic E-state index is 0.308. The number of benzene rings is 1. The maximum absolute atomic E-state index is 13.3. The topological polar surface area (TPSA) is 53.1 Å². The number of aromatic nitrogens is 2. The fourth-order valence-electron chi connectivity index (χ4n) is 1.71. The van der Waals surface area contributed by atoms with E-state index in [9.17, 15) is 4.39 Å². The van der Waals surface area contributed by atoms with Crippen LogP contribution in [0.15, 0.2) is 30.5 Å². The Morgan fingerprint density at radius 3 is 2.89 bits per heavy atom. The summed E-state index contributed by atoms with van der Waals surface area (Å²) in [5.41, 5.74) is 7.10. The largest absolute Gasteiger partial charge is 0.487 e. The van der Waals surface area contributed by atoms with Gasteiger partial charge in [-0.05, 0) is 36.7 Å². The molecule has 96 valence electrons. The van der Waals surface area contributed by atoms with Gasteiger partial charge in [-0.15, -0.1) is 0 Å². The van der Waals surface area contributed by atoms with E-state index in [1.54, 1.807) is 10.7 Å². The number of hydrogen-bond donors (Lipinski definition) is 1. The van der Waals surface area contributed by atoms with Crippen LogP contribution in [0.25, 0.3) is 0 Å². The molecule has 5 heteroatoms. The molecule has 18 heavy (non-hydrogen) atoms. The number of rotatable bonds is 5. The Kier molecular flexibility index (Phi) is 3.94. The van der Waals surface area contributed by atoms with Gasteiger partial charge >= 0.3 is 0 Å². The molecular weight excluding hydrogens is 233 g/mol. The van der Waals surface area contributed by atoms with E-state index >= 15 is 0 Å². The van der Waals surface area contributed by atoms with Crippen LogP contribution >= 0.6 is 0 Å². The summed E-state index contributed by atoms with van der Waals surface area (Å²) in [5.74, 6) is 0.195. The molecule has 0 atom stereocenters. The van der Waals surface area contributed by atoms with Crippen LogP contribution in [0.2, 0.25) is 0 Å². The van der Waals surface area contributed by atoms with Crippen LogP contribution in [0.3, 0.4) is 0 Å². The Labute approximate surface area is 105 Å². The zero-order valence-corrected chi connectivity index (χ0v) is 10.3. The van der Waals surface area contributed by atoms with Crippen molar-refractivity contribution >= 4 is 0 Å². The molecule has 0 fully saturated rings. The highest BCUT2D eigenvalue weighted by molar-refractivity contribution is 5.30. The summed E-state index contributed by atoms with van der Waals surface area (Å²) in [6.45, 7) is 0.815.